The molecule has 2 saturated heterocycles. The van der Waals surface area contributed by atoms with Crippen LogP contribution >= 0.6 is 0 Å². The van der Waals surface area contributed by atoms with Gasteiger partial charge in [0, 0.05) is 50.5 Å². The second kappa shape index (κ2) is 8.96. The molecule has 1 unspecified atom stereocenters. The molecule has 1 saturated carbocycles. The van der Waals surface area contributed by atoms with Crippen LogP contribution in [0.15, 0.2) is 42.7 Å². The lowest BCUT2D eigenvalue weighted by Gasteiger charge is -2.58. The lowest BCUT2D eigenvalue weighted by atomic mass is 9.61. The minimum Gasteiger partial charge on any atom is -0.446 e. The summed E-state index contributed by atoms with van der Waals surface area (Å²) in [4.78, 5) is 26.7. The van der Waals surface area contributed by atoms with E-state index in [2.05, 4.69) is 39.1 Å². The van der Waals surface area contributed by atoms with Gasteiger partial charge in [0.05, 0.1) is 17.6 Å². The summed E-state index contributed by atoms with van der Waals surface area (Å²) in [6.07, 6.45) is -1.46. The first-order valence-corrected chi connectivity index (χ1v) is 12.0. The molecule has 1 amide bonds. The van der Waals surface area contributed by atoms with Crippen molar-refractivity contribution in [1.29, 1.82) is 0 Å². The standard InChI is InChI=1S/C25H30F3N5O2/c1-17-12-32(22-29-10-20(11-30-22)25(26,27)28)13-18(2)33(17)23(34)35-21-8-24(9-21)15-31(16-24)14-19-6-4-3-5-7-19/h3-7,10-11,17-18,21H,8-9,12-16H2,1-2H3/t17-,18?/m1/s1. The van der Waals surface area contributed by atoms with Crippen LogP contribution in [0.5, 0.6) is 0 Å². The maximum Gasteiger partial charge on any atom is 0.419 e. The first-order chi connectivity index (χ1) is 16.6. The average Bonchev–Trinajstić information content (AvgIpc) is 2.76. The normalized spacial score (nSPS) is 24.7. The number of likely N-dealkylation sites (tertiary alicyclic amines) is 1. The molecule has 1 aliphatic carbocycles. The molecule has 3 heterocycles. The minimum absolute atomic E-state index is 0.0583. The van der Waals surface area contributed by atoms with E-state index in [1.807, 2.05) is 24.8 Å². The zero-order valence-electron chi connectivity index (χ0n) is 19.9. The second-order valence-corrected chi connectivity index (χ2v) is 10.3. The number of alkyl halides is 3. The molecule has 188 valence electrons. The Labute approximate surface area is 202 Å². The fourth-order valence-electron chi connectivity index (χ4n) is 5.78. The first kappa shape index (κ1) is 23.8. The number of benzene rings is 1. The number of amides is 1. The van der Waals surface area contributed by atoms with E-state index >= 15 is 0 Å². The first-order valence-electron chi connectivity index (χ1n) is 12.0. The summed E-state index contributed by atoms with van der Waals surface area (Å²) in [7, 11) is 0. The fourth-order valence-corrected chi connectivity index (χ4v) is 5.78. The van der Waals surface area contributed by atoms with Gasteiger partial charge in [-0.1, -0.05) is 30.3 Å². The van der Waals surface area contributed by atoms with E-state index in [0.717, 1.165) is 44.9 Å². The van der Waals surface area contributed by atoms with E-state index in [0.29, 0.717) is 13.1 Å². The van der Waals surface area contributed by atoms with Crippen LogP contribution in [0.1, 0.15) is 37.8 Å². The van der Waals surface area contributed by atoms with Crippen molar-refractivity contribution in [1.82, 2.24) is 19.8 Å². The van der Waals surface area contributed by atoms with E-state index < -0.39 is 11.7 Å². The van der Waals surface area contributed by atoms with Crippen LogP contribution in [0.3, 0.4) is 0 Å². The monoisotopic (exact) mass is 489 g/mol. The smallest absolute Gasteiger partial charge is 0.419 e. The predicted octanol–water partition coefficient (Wildman–Crippen LogP) is 4.20. The van der Waals surface area contributed by atoms with Gasteiger partial charge >= 0.3 is 12.3 Å². The van der Waals surface area contributed by atoms with Gasteiger partial charge in [-0.3, -0.25) is 9.80 Å². The summed E-state index contributed by atoms with van der Waals surface area (Å²) in [6.45, 7) is 7.69. The van der Waals surface area contributed by atoms with Crippen LogP contribution in [0.4, 0.5) is 23.9 Å². The highest BCUT2D eigenvalue weighted by Crippen LogP contribution is 2.50. The molecule has 1 spiro atoms. The van der Waals surface area contributed by atoms with Crippen molar-refractivity contribution in [2.45, 2.75) is 57.6 Å². The lowest BCUT2D eigenvalue weighted by molar-refractivity contribution is -0.138. The molecular formula is C25H30F3N5O2. The Hall–Kier alpha value is -2.88. The molecule has 7 nitrogen and oxygen atoms in total. The van der Waals surface area contributed by atoms with Crippen LogP contribution in [0.25, 0.3) is 0 Å². The molecular weight excluding hydrogens is 459 g/mol. The number of piperazine rings is 1. The highest BCUT2D eigenvalue weighted by atomic mass is 19.4. The predicted molar refractivity (Wildman–Crippen MR) is 124 cm³/mol. The Bertz CT molecular complexity index is 1020. The zero-order valence-corrected chi connectivity index (χ0v) is 19.9. The second-order valence-electron chi connectivity index (χ2n) is 10.3. The number of halogens is 3. The molecule has 1 aromatic carbocycles. The van der Waals surface area contributed by atoms with Crippen molar-refractivity contribution < 1.29 is 22.7 Å². The van der Waals surface area contributed by atoms with Crippen molar-refractivity contribution in [3.8, 4) is 0 Å². The average molecular weight is 490 g/mol. The molecule has 0 radical (unpaired) electrons. The van der Waals surface area contributed by atoms with E-state index in [9.17, 15) is 18.0 Å². The number of carbonyl (C=O) groups is 1. The highest BCUT2D eigenvalue weighted by molar-refractivity contribution is 5.69. The van der Waals surface area contributed by atoms with Crippen LogP contribution in [0, 0.1) is 5.41 Å². The lowest BCUT2D eigenvalue weighted by Crippen LogP contribution is -2.65. The fraction of sp³-hybridized carbons (Fsp3) is 0.560. The van der Waals surface area contributed by atoms with Gasteiger partial charge in [0.1, 0.15) is 6.10 Å². The van der Waals surface area contributed by atoms with Crippen LogP contribution in [-0.4, -0.2) is 70.2 Å². The summed E-state index contributed by atoms with van der Waals surface area (Å²) in [5.41, 5.74) is 0.709. The van der Waals surface area contributed by atoms with Crippen molar-refractivity contribution in [3.63, 3.8) is 0 Å². The molecule has 1 aromatic heterocycles. The molecule has 5 rings (SSSR count). The molecule has 0 bridgehead atoms. The van der Waals surface area contributed by atoms with Gasteiger partial charge in [-0.25, -0.2) is 14.8 Å². The van der Waals surface area contributed by atoms with Crippen molar-refractivity contribution in [2.75, 3.05) is 31.1 Å². The number of hydrogen-bond acceptors (Lipinski definition) is 6. The molecule has 2 aliphatic heterocycles. The SMILES string of the molecule is CC1CN(c2ncc(C(F)(F)F)cn2)C[C@@H](C)N1C(=O)OC1CC2(C1)CN(Cc1ccccc1)C2. The Morgan fingerprint density at radius 1 is 1.06 bits per heavy atom. The van der Waals surface area contributed by atoms with Crippen molar-refractivity contribution >= 4 is 12.0 Å². The maximum atomic E-state index is 13.0. The number of aromatic nitrogens is 2. The number of ether oxygens (including phenoxy) is 1. The third kappa shape index (κ3) is 4.94. The largest absolute Gasteiger partial charge is 0.446 e. The van der Waals surface area contributed by atoms with Crippen LogP contribution in [-0.2, 0) is 17.5 Å². The Balaban J connectivity index is 1.09. The van der Waals surface area contributed by atoms with Gasteiger partial charge in [-0.05, 0) is 32.3 Å². The van der Waals surface area contributed by atoms with Gasteiger partial charge < -0.3 is 9.64 Å². The molecule has 35 heavy (non-hydrogen) atoms. The third-order valence-corrected chi connectivity index (χ3v) is 7.33. The van der Waals surface area contributed by atoms with E-state index in [4.69, 9.17) is 4.74 Å². The van der Waals surface area contributed by atoms with Gasteiger partial charge in [0.2, 0.25) is 5.95 Å². The van der Waals surface area contributed by atoms with Crippen LogP contribution in [0.2, 0.25) is 0 Å². The molecule has 3 fully saturated rings. The molecule has 2 atom stereocenters. The van der Waals surface area contributed by atoms with E-state index in [1.54, 1.807) is 4.90 Å². The van der Waals surface area contributed by atoms with E-state index in [-0.39, 0.29) is 35.6 Å². The number of anilines is 1. The topological polar surface area (TPSA) is 61.8 Å². The third-order valence-electron chi connectivity index (χ3n) is 7.33. The summed E-state index contributed by atoms with van der Waals surface area (Å²) >= 11 is 0. The molecule has 10 heteroatoms. The highest BCUT2D eigenvalue weighted by Gasteiger charge is 2.54. The minimum atomic E-state index is -4.47. The number of nitrogens with zero attached hydrogens (tertiary/aromatic N) is 5. The summed E-state index contributed by atoms with van der Waals surface area (Å²) in [6, 6.07) is 10.1. The van der Waals surface area contributed by atoms with Gasteiger partial charge in [0.15, 0.2) is 0 Å². The number of carbonyl (C=O) groups excluding carboxylic acids is 1. The van der Waals surface area contributed by atoms with Crippen LogP contribution < -0.4 is 4.90 Å². The summed E-state index contributed by atoms with van der Waals surface area (Å²) in [5.74, 6) is 0.232. The Kier molecular flexibility index (Phi) is 6.11. The number of hydrogen-bond donors (Lipinski definition) is 0. The molecule has 3 aliphatic rings. The van der Waals surface area contributed by atoms with Gasteiger partial charge in [-0.2, -0.15) is 13.2 Å². The summed E-state index contributed by atoms with van der Waals surface area (Å²) in [5, 5.41) is 0. The van der Waals surface area contributed by atoms with Gasteiger partial charge in [-0.15, -0.1) is 0 Å². The molecule has 2 aromatic rings. The van der Waals surface area contributed by atoms with E-state index in [1.165, 1.54) is 5.56 Å². The van der Waals surface area contributed by atoms with Crippen molar-refractivity contribution in [2.24, 2.45) is 5.41 Å². The summed E-state index contributed by atoms with van der Waals surface area (Å²) < 4.78 is 44.2. The Morgan fingerprint density at radius 3 is 2.23 bits per heavy atom. The van der Waals surface area contributed by atoms with Crippen molar-refractivity contribution in [3.05, 3.63) is 53.9 Å². The quantitative estimate of drug-likeness (QED) is 0.642. The maximum absolute atomic E-state index is 13.0. The number of rotatable bonds is 4. The molecule has 0 N–H and O–H groups in total. The zero-order chi connectivity index (χ0) is 24.8. The Morgan fingerprint density at radius 2 is 1.66 bits per heavy atom. The van der Waals surface area contributed by atoms with Gasteiger partial charge in [0.25, 0.3) is 0 Å².